The first kappa shape index (κ1) is 20.1. The van der Waals surface area contributed by atoms with Crippen LogP contribution in [0.3, 0.4) is 0 Å². The van der Waals surface area contributed by atoms with Gasteiger partial charge in [-0.25, -0.2) is 9.78 Å². The average Bonchev–Trinajstić information content (AvgIpc) is 3.36. The number of fused-ring (bicyclic) bond motifs is 2. The van der Waals surface area contributed by atoms with Crippen LogP contribution in [-0.4, -0.2) is 35.0 Å². The van der Waals surface area contributed by atoms with E-state index in [0.717, 1.165) is 38.1 Å². The average molecular weight is 422 g/mol. The van der Waals surface area contributed by atoms with Crippen molar-refractivity contribution < 1.29 is 14.3 Å². The zero-order valence-corrected chi connectivity index (χ0v) is 17.5. The van der Waals surface area contributed by atoms with Gasteiger partial charge < -0.3 is 15.0 Å². The van der Waals surface area contributed by atoms with Gasteiger partial charge in [0.05, 0.1) is 22.3 Å². The number of ether oxygens (including phenoxy) is 1. The van der Waals surface area contributed by atoms with Gasteiger partial charge in [0, 0.05) is 29.9 Å². The number of methoxy groups -OCH3 is 1. The Balaban J connectivity index is 1.35. The largest absolute Gasteiger partial charge is 0.467 e. The van der Waals surface area contributed by atoms with Gasteiger partial charge in [-0.1, -0.05) is 30.3 Å². The number of benzene rings is 2. The molecule has 0 saturated heterocycles. The molecule has 0 unspecified atom stereocenters. The maximum atomic E-state index is 12.5. The van der Waals surface area contributed by atoms with Crippen molar-refractivity contribution in [2.24, 2.45) is 0 Å². The molecule has 2 heterocycles. The number of hydrogen-bond acceptors (Lipinski definition) is 5. The van der Waals surface area contributed by atoms with Crippen LogP contribution in [-0.2, 0) is 27.2 Å². The van der Waals surface area contributed by atoms with Gasteiger partial charge in [-0.3, -0.25) is 4.79 Å². The number of aromatic nitrogens is 2. The van der Waals surface area contributed by atoms with E-state index in [1.165, 1.54) is 7.11 Å². The monoisotopic (exact) mass is 421 g/mol. The molecule has 4 rings (SSSR count). The number of para-hydroxylation sites is 2. The summed E-state index contributed by atoms with van der Waals surface area (Å²) in [7, 11) is 1.34. The molecule has 0 bridgehead atoms. The summed E-state index contributed by atoms with van der Waals surface area (Å²) in [5.41, 5.74) is 2.96. The van der Waals surface area contributed by atoms with Crippen LogP contribution in [0.4, 0.5) is 0 Å². The third-order valence-electron chi connectivity index (χ3n) is 5.05. The fraction of sp³-hybridized carbons (Fsp3) is 0.261. The smallest absolute Gasteiger partial charge is 0.328 e. The van der Waals surface area contributed by atoms with Crippen molar-refractivity contribution in [1.82, 2.24) is 15.3 Å². The Bertz CT molecular complexity index is 1150. The molecule has 0 saturated carbocycles. The minimum absolute atomic E-state index is 0.161. The second-order valence-electron chi connectivity index (χ2n) is 7.14. The van der Waals surface area contributed by atoms with Crippen molar-refractivity contribution in [2.75, 3.05) is 7.11 Å². The maximum absolute atomic E-state index is 12.5. The van der Waals surface area contributed by atoms with Crippen LogP contribution in [0.25, 0.3) is 21.1 Å². The van der Waals surface area contributed by atoms with Crippen LogP contribution in [0.5, 0.6) is 0 Å². The van der Waals surface area contributed by atoms with E-state index in [2.05, 4.69) is 21.4 Å². The summed E-state index contributed by atoms with van der Waals surface area (Å²) in [5, 5.41) is 4.90. The molecule has 0 aliphatic heterocycles. The van der Waals surface area contributed by atoms with E-state index < -0.39 is 12.0 Å². The Morgan fingerprint density at radius 1 is 1.17 bits per heavy atom. The number of rotatable bonds is 8. The van der Waals surface area contributed by atoms with E-state index in [-0.39, 0.29) is 5.91 Å². The number of H-pyrrole nitrogens is 1. The topological polar surface area (TPSA) is 84.1 Å². The number of amides is 1. The van der Waals surface area contributed by atoms with Gasteiger partial charge >= 0.3 is 5.97 Å². The summed E-state index contributed by atoms with van der Waals surface area (Å²) in [6.07, 6.45) is 3.99. The number of nitrogens with one attached hydrogen (secondary N) is 2. The van der Waals surface area contributed by atoms with Crippen LogP contribution in [0.1, 0.15) is 23.4 Å². The Morgan fingerprint density at radius 3 is 2.80 bits per heavy atom. The highest BCUT2D eigenvalue weighted by Gasteiger charge is 2.23. The number of esters is 1. The SMILES string of the molecule is COC(=O)[C@@H](Cc1c[nH]c2ccccc12)NC(=O)CCCc1nc2ccccc2s1. The van der Waals surface area contributed by atoms with Crippen molar-refractivity contribution in [1.29, 1.82) is 0 Å². The van der Waals surface area contributed by atoms with Crippen molar-refractivity contribution in [3.8, 4) is 0 Å². The summed E-state index contributed by atoms with van der Waals surface area (Å²) in [4.78, 5) is 32.5. The van der Waals surface area contributed by atoms with Crippen LogP contribution >= 0.6 is 11.3 Å². The van der Waals surface area contributed by atoms with Gasteiger partial charge in [0.25, 0.3) is 0 Å². The molecule has 0 spiro atoms. The standard InChI is InChI=1S/C23H23N3O3S/c1-29-23(28)19(13-15-14-24-17-8-3-2-7-16(15)17)25-21(27)11-6-12-22-26-18-9-4-5-10-20(18)30-22/h2-5,7-10,14,19,24H,6,11-13H2,1H3,(H,25,27)/t19-/m1/s1. The molecule has 1 amide bonds. The lowest BCUT2D eigenvalue weighted by atomic mass is 10.0. The number of carbonyl (C=O) groups is 2. The molecule has 2 N–H and O–H groups in total. The molecule has 0 aliphatic carbocycles. The van der Waals surface area contributed by atoms with Gasteiger partial charge in [-0.05, 0) is 36.6 Å². The number of nitrogens with zero attached hydrogens (tertiary/aromatic N) is 1. The number of thiazole rings is 1. The Hall–Kier alpha value is -3.19. The zero-order valence-electron chi connectivity index (χ0n) is 16.7. The molecule has 7 heteroatoms. The molecule has 4 aromatic rings. The zero-order chi connectivity index (χ0) is 20.9. The van der Waals surface area contributed by atoms with Crippen LogP contribution in [0.2, 0.25) is 0 Å². The molecule has 2 aromatic heterocycles. The van der Waals surface area contributed by atoms with Gasteiger partial charge in [-0.2, -0.15) is 0 Å². The minimum Gasteiger partial charge on any atom is -0.467 e. The summed E-state index contributed by atoms with van der Waals surface area (Å²) < 4.78 is 6.06. The molecule has 1 atom stereocenters. The Kier molecular flexibility index (Phi) is 6.09. The van der Waals surface area contributed by atoms with Gasteiger partial charge in [0.15, 0.2) is 0 Å². The Labute approximate surface area is 178 Å². The second kappa shape index (κ2) is 9.09. The van der Waals surface area contributed by atoms with Crippen LogP contribution in [0, 0.1) is 0 Å². The molecular formula is C23H23N3O3S. The van der Waals surface area contributed by atoms with Gasteiger partial charge in [0.1, 0.15) is 6.04 Å². The highest BCUT2D eigenvalue weighted by molar-refractivity contribution is 7.18. The van der Waals surface area contributed by atoms with E-state index in [0.29, 0.717) is 19.3 Å². The maximum Gasteiger partial charge on any atom is 0.328 e. The molecule has 30 heavy (non-hydrogen) atoms. The molecule has 154 valence electrons. The molecule has 0 radical (unpaired) electrons. The van der Waals surface area contributed by atoms with E-state index in [9.17, 15) is 9.59 Å². The van der Waals surface area contributed by atoms with E-state index in [4.69, 9.17) is 4.74 Å². The molecule has 6 nitrogen and oxygen atoms in total. The first-order chi connectivity index (χ1) is 14.6. The first-order valence-electron chi connectivity index (χ1n) is 9.90. The van der Waals surface area contributed by atoms with Crippen LogP contribution in [0.15, 0.2) is 54.7 Å². The van der Waals surface area contributed by atoms with Crippen molar-refractivity contribution in [2.45, 2.75) is 31.7 Å². The second-order valence-corrected chi connectivity index (χ2v) is 8.25. The number of aryl methyl sites for hydroxylation is 1. The van der Waals surface area contributed by atoms with Crippen molar-refractivity contribution >= 4 is 44.3 Å². The molecule has 0 aliphatic rings. The highest BCUT2D eigenvalue weighted by Crippen LogP contribution is 2.23. The van der Waals surface area contributed by atoms with Crippen molar-refractivity contribution in [3.05, 3.63) is 65.3 Å². The summed E-state index contributed by atoms with van der Waals surface area (Å²) in [6.45, 7) is 0. The normalized spacial score (nSPS) is 12.2. The fourth-order valence-electron chi connectivity index (χ4n) is 3.55. The summed E-state index contributed by atoms with van der Waals surface area (Å²) in [5.74, 6) is -0.605. The lowest BCUT2D eigenvalue weighted by Crippen LogP contribution is -2.43. The van der Waals surface area contributed by atoms with E-state index >= 15 is 0 Å². The Morgan fingerprint density at radius 2 is 1.97 bits per heavy atom. The first-order valence-corrected chi connectivity index (χ1v) is 10.7. The lowest BCUT2D eigenvalue weighted by Gasteiger charge is -2.16. The fourth-order valence-corrected chi connectivity index (χ4v) is 4.56. The third kappa shape index (κ3) is 4.52. The van der Waals surface area contributed by atoms with E-state index in [1.54, 1.807) is 11.3 Å². The molecule has 0 fully saturated rings. The third-order valence-corrected chi connectivity index (χ3v) is 6.15. The molecule has 2 aromatic carbocycles. The van der Waals surface area contributed by atoms with E-state index in [1.807, 2.05) is 48.7 Å². The lowest BCUT2D eigenvalue weighted by molar-refractivity contribution is -0.145. The predicted octanol–water partition coefficient (Wildman–Crippen LogP) is 4.00. The predicted molar refractivity (Wildman–Crippen MR) is 119 cm³/mol. The van der Waals surface area contributed by atoms with Crippen LogP contribution < -0.4 is 5.32 Å². The number of carbonyl (C=O) groups excluding carboxylic acids is 2. The van der Waals surface area contributed by atoms with Crippen molar-refractivity contribution in [3.63, 3.8) is 0 Å². The molecular weight excluding hydrogens is 398 g/mol. The van der Waals surface area contributed by atoms with Gasteiger partial charge in [-0.15, -0.1) is 11.3 Å². The van der Waals surface area contributed by atoms with Gasteiger partial charge in [0.2, 0.25) is 5.91 Å². The summed E-state index contributed by atoms with van der Waals surface area (Å²) in [6, 6.07) is 15.2. The minimum atomic E-state index is -0.718. The summed E-state index contributed by atoms with van der Waals surface area (Å²) >= 11 is 1.65. The highest BCUT2D eigenvalue weighted by atomic mass is 32.1. The number of hydrogen-bond donors (Lipinski definition) is 2. The number of aromatic amines is 1. The quantitative estimate of drug-likeness (QED) is 0.421.